The van der Waals surface area contributed by atoms with E-state index >= 15 is 0 Å². The predicted molar refractivity (Wildman–Crippen MR) is 137 cm³/mol. The molecular formula is C26H22N2O5S2. The van der Waals surface area contributed by atoms with Gasteiger partial charge in [-0.05, 0) is 66.4 Å². The van der Waals surface area contributed by atoms with Crippen LogP contribution in [0.4, 0.5) is 0 Å². The topological polar surface area (TPSA) is 94.8 Å². The highest BCUT2D eigenvalue weighted by Gasteiger charge is 2.21. The Morgan fingerprint density at radius 3 is 2.57 bits per heavy atom. The molecule has 2 aromatic heterocycles. The fourth-order valence-electron chi connectivity index (χ4n) is 4.01. The first kappa shape index (κ1) is 23.2. The van der Waals surface area contributed by atoms with Crippen molar-refractivity contribution in [1.82, 2.24) is 4.57 Å². The van der Waals surface area contributed by atoms with Crippen LogP contribution in [0.5, 0.6) is 0 Å². The molecule has 178 valence electrons. The Bertz CT molecular complexity index is 1630. The number of aryl methyl sites for hydroxylation is 1. The molecule has 0 bridgehead atoms. The van der Waals surface area contributed by atoms with Crippen LogP contribution >= 0.6 is 11.3 Å². The van der Waals surface area contributed by atoms with Crippen molar-refractivity contribution in [1.29, 1.82) is 0 Å². The van der Waals surface area contributed by atoms with E-state index in [-0.39, 0.29) is 22.0 Å². The summed E-state index contributed by atoms with van der Waals surface area (Å²) < 4.78 is 32.2. The molecule has 4 aromatic rings. The molecular weight excluding hydrogens is 484 g/mol. The zero-order valence-electron chi connectivity index (χ0n) is 18.9. The van der Waals surface area contributed by atoms with Gasteiger partial charge in [0.15, 0.2) is 15.6 Å². The molecule has 2 aromatic carbocycles. The summed E-state index contributed by atoms with van der Waals surface area (Å²) in [7, 11) is -3.64. The highest BCUT2D eigenvalue weighted by Crippen LogP contribution is 2.22. The fourth-order valence-corrected chi connectivity index (χ4v) is 6.62. The molecule has 0 spiro atoms. The number of ketones is 1. The lowest BCUT2D eigenvalue weighted by Crippen LogP contribution is -2.18. The first-order chi connectivity index (χ1) is 16.8. The molecule has 35 heavy (non-hydrogen) atoms. The second-order valence-electron chi connectivity index (χ2n) is 8.33. The van der Waals surface area contributed by atoms with Crippen LogP contribution in [0.25, 0.3) is 16.5 Å². The van der Waals surface area contributed by atoms with Crippen LogP contribution in [0.3, 0.4) is 0 Å². The minimum atomic E-state index is -3.64. The Morgan fingerprint density at radius 2 is 1.89 bits per heavy atom. The number of pyridine rings is 1. The Morgan fingerprint density at radius 1 is 1.09 bits per heavy atom. The summed E-state index contributed by atoms with van der Waals surface area (Å²) in [6.45, 7) is 3.04. The molecule has 0 amide bonds. The first-order valence-corrected chi connectivity index (χ1v) is 13.5. The second-order valence-corrected chi connectivity index (χ2v) is 11.8. The number of benzene rings is 2. The normalized spacial score (nSPS) is 13.6. The minimum absolute atomic E-state index is 0.00518. The number of hydrogen-bond donors (Lipinski definition) is 0. The Hall–Kier alpha value is -3.56. The molecule has 3 heterocycles. The molecule has 0 fully saturated rings. The number of aliphatic imine (C=N–C) groups is 1. The molecule has 5 rings (SSSR count). The number of rotatable bonds is 7. The van der Waals surface area contributed by atoms with Crippen molar-refractivity contribution in [2.45, 2.75) is 17.6 Å². The quantitative estimate of drug-likeness (QED) is 0.381. The highest BCUT2D eigenvalue weighted by molar-refractivity contribution is 7.94. The van der Waals surface area contributed by atoms with Crippen LogP contribution < -0.4 is 5.56 Å². The Balaban J connectivity index is 1.33. The average Bonchev–Trinajstić information content (AvgIpc) is 3.52. The van der Waals surface area contributed by atoms with Gasteiger partial charge in [0.05, 0.1) is 6.54 Å². The number of sulfone groups is 1. The van der Waals surface area contributed by atoms with Crippen LogP contribution in [-0.4, -0.2) is 43.6 Å². The smallest absolute Gasteiger partial charge is 0.262 e. The van der Waals surface area contributed by atoms with Crippen molar-refractivity contribution in [3.05, 3.63) is 93.2 Å². The van der Waals surface area contributed by atoms with Crippen LogP contribution in [-0.2, 0) is 25.8 Å². The van der Waals surface area contributed by atoms with Gasteiger partial charge in [-0.25, -0.2) is 13.4 Å². The van der Waals surface area contributed by atoms with Gasteiger partial charge >= 0.3 is 0 Å². The number of carbonyl (C=O) groups is 1. The molecule has 0 saturated carbocycles. The van der Waals surface area contributed by atoms with E-state index in [2.05, 4.69) is 4.99 Å². The lowest BCUT2D eigenvalue weighted by Gasteiger charge is -2.10. The first-order valence-electron chi connectivity index (χ1n) is 11.0. The van der Waals surface area contributed by atoms with Crippen molar-refractivity contribution in [2.24, 2.45) is 4.99 Å². The van der Waals surface area contributed by atoms with Gasteiger partial charge in [-0.15, -0.1) is 11.3 Å². The third-order valence-electron chi connectivity index (χ3n) is 5.73. The SMILES string of the molecule is Cc1ccc(S(=O)(=O)CC(=O)Cc2ccc(-n3ccc4cc(C5=NCCO5)ccc4c3=O)cc2)s1. The zero-order chi connectivity index (χ0) is 24.6. The maximum Gasteiger partial charge on any atom is 0.262 e. The van der Waals surface area contributed by atoms with E-state index in [1.807, 2.05) is 25.1 Å². The van der Waals surface area contributed by atoms with Gasteiger partial charge in [0.1, 0.15) is 16.6 Å². The number of aromatic nitrogens is 1. The molecule has 0 atom stereocenters. The Labute approximate surface area is 206 Å². The average molecular weight is 507 g/mol. The molecule has 1 aliphatic rings. The summed E-state index contributed by atoms with van der Waals surface area (Å²) in [5.41, 5.74) is 2.02. The van der Waals surface area contributed by atoms with Gasteiger partial charge in [0, 0.05) is 34.1 Å². The summed E-state index contributed by atoms with van der Waals surface area (Å²) in [5.74, 6) is -0.309. The minimum Gasteiger partial charge on any atom is -0.476 e. The van der Waals surface area contributed by atoms with Crippen LogP contribution in [0, 0.1) is 6.92 Å². The zero-order valence-corrected chi connectivity index (χ0v) is 20.6. The van der Waals surface area contributed by atoms with Gasteiger partial charge < -0.3 is 4.74 Å². The maximum atomic E-state index is 13.1. The van der Waals surface area contributed by atoms with Crippen molar-refractivity contribution < 1.29 is 17.9 Å². The molecule has 0 N–H and O–H groups in total. The number of Topliss-reactive ketones (excluding diaryl/α,β-unsaturated/α-hetero) is 1. The van der Waals surface area contributed by atoms with Gasteiger partial charge in [0.2, 0.25) is 5.90 Å². The number of carbonyl (C=O) groups excluding carboxylic acids is 1. The molecule has 0 unspecified atom stereocenters. The lowest BCUT2D eigenvalue weighted by molar-refractivity contribution is -0.116. The third-order valence-corrected chi connectivity index (χ3v) is 8.98. The third kappa shape index (κ3) is 4.82. The highest BCUT2D eigenvalue weighted by atomic mass is 32.2. The summed E-state index contributed by atoms with van der Waals surface area (Å²) in [5, 5.41) is 1.37. The Kier molecular flexibility index (Phi) is 6.12. The number of ether oxygens (including phenoxy) is 1. The molecule has 0 radical (unpaired) electrons. The van der Waals surface area contributed by atoms with Crippen molar-refractivity contribution >= 4 is 43.6 Å². The van der Waals surface area contributed by atoms with E-state index in [9.17, 15) is 18.0 Å². The second kappa shape index (κ2) is 9.24. The van der Waals surface area contributed by atoms with Crippen molar-refractivity contribution in [3.63, 3.8) is 0 Å². The van der Waals surface area contributed by atoms with E-state index in [1.54, 1.807) is 47.2 Å². The predicted octanol–water partition coefficient (Wildman–Crippen LogP) is 3.72. The van der Waals surface area contributed by atoms with Crippen LogP contribution in [0.1, 0.15) is 16.0 Å². The van der Waals surface area contributed by atoms with E-state index in [0.29, 0.717) is 35.7 Å². The monoisotopic (exact) mass is 506 g/mol. The van der Waals surface area contributed by atoms with E-state index in [0.717, 1.165) is 15.8 Å². The fraction of sp³-hybridized carbons (Fsp3) is 0.192. The van der Waals surface area contributed by atoms with Crippen LogP contribution in [0.15, 0.2) is 80.9 Å². The number of hydrogen-bond acceptors (Lipinski definition) is 7. The molecule has 9 heteroatoms. The van der Waals surface area contributed by atoms with Crippen molar-refractivity contribution in [3.8, 4) is 5.69 Å². The summed E-state index contributed by atoms with van der Waals surface area (Å²) >= 11 is 1.17. The summed E-state index contributed by atoms with van der Waals surface area (Å²) in [4.78, 5) is 30.7. The van der Waals surface area contributed by atoms with Gasteiger partial charge in [0.25, 0.3) is 5.56 Å². The van der Waals surface area contributed by atoms with Gasteiger partial charge in [-0.2, -0.15) is 0 Å². The van der Waals surface area contributed by atoms with Gasteiger partial charge in [-0.1, -0.05) is 12.1 Å². The van der Waals surface area contributed by atoms with Gasteiger partial charge in [-0.3, -0.25) is 14.2 Å². The van der Waals surface area contributed by atoms with E-state index in [4.69, 9.17) is 4.74 Å². The molecule has 0 aliphatic carbocycles. The number of nitrogens with zero attached hydrogens (tertiary/aromatic N) is 2. The summed E-state index contributed by atoms with van der Waals surface area (Å²) in [6, 6.07) is 17.6. The maximum absolute atomic E-state index is 13.1. The summed E-state index contributed by atoms with van der Waals surface area (Å²) in [6.07, 6.45) is 1.72. The standard InChI is InChI=1S/C26H22N2O5S2/c1-17-2-9-24(34-17)35(31,32)16-22(29)14-18-3-6-21(7-4-18)28-12-10-19-15-20(25-27-11-13-33-25)5-8-23(19)26(28)30/h2-10,12,15H,11,13-14,16H2,1H3. The largest absolute Gasteiger partial charge is 0.476 e. The molecule has 0 saturated heterocycles. The lowest BCUT2D eigenvalue weighted by atomic mass is 10.1. The van der Waals surface area contributed by atoms with Crippen molar-refractivity contribution in [2.75, 3.05) is 18.9 Å². The van der Waals surface area contributed by atoms with E-state index in [1.165, 1.54) is 17.4 Å². The molecule has 1 aliphatic heterocycles. The van der Waals surface area contributed by atoms with Crippen LogP contribution in [0.2, 0.25) is 0 Å². The molecule has 7 nitrogen and oxygen atoms in total. The number of thiophene rings is 1. The van der Waals surface area contributed by atoms with E-state index < -0.39 is 15.6 Å². The number of fused-ring (bicyclic) bond motifs is 1.